The fourth-order valence-corrected chi connectivity index (χ4v) is 2.26. The highest BCUT2D eigenvalue weighted by molar-refractivity contribution is 7.95. The van der Waals surface area contributed by atoms with E-state index in [0.717, 1.165) is 11.0 Å². The Hall–Kier alpha value is -2.08. The first kappa shape index (κ1) is 13.4. The molecule has 0 aliphatic heterocycles. The van der Waals surface area contributed by atoms with Gasteiger partial charge in [0.1, 0.15) is 0 Å². The predicted molar refractivity (Wildman–Crippen MR) is 74.0 cm³/mol. The maximum Gasteiger partial charge on any atom is 0.257 e. The Kier molecular flexibility index (Phi) is 3.71. The molecule has 1 aromatic heterocycles. The van der Waals surface area contributed by atoms with Crippen LogP contribution >= 0.6 is 0 Å². The minimum atomic E-state index is -3.61. The summed E-state index contributed by atoms with van der Waals surface area (Å²) in [6.07, 6.45) is 1.51. The largest absolute Gasteiger partial charge is 0.337 e. The van der Waals surface area contributed by atoms with E-state index in [1.165, 1.54) is 6.08 Å². The van der Waals surface area contributed by atoms with Crippen LogP contribution in [0.5, 0.6) is 0 Å². The fraction of sp³-hybridized carbons (Fsp3) is 0.154. The molecule has 0 spiro atoms. The van der Waals surface area contributed by atoms with Crippen molar-refractivity contribution in [3.8, 4) is 0 Å². The molecule has 100 valence electrons. The van der Waals surface area contributed by atoms with Gasteiger partial charge in [-0.15, -0.1) is 0 Å². The van der Waals surface area contributed by atoms with Crippen LogP contribution in [0.1, 0.15) is 16.8 Å². The van der Waals surface area contributed by atoms with Crippen LogP contribution < -0.4 is 4.72 Å². The molecule has 6 heteroatoms. The first-order valence-electron chi connectivity index (χ1n) is 5.67. The number of aromatic nitrogens is 1. The Labute approximate surface area is 112 Å². The maximum atomic E-state index is 11.8. The second-order valence-corrected chi connectivity index (χ2v) is 5.65. The van der Waals surface area contributed by atoms with Crippen LogP contribution in [-0.2, 0) is 10.0 Å². The number of nitrogens with zero attached hydrogens (tertiary/aromatic N) is 1. The van der Waals surface area contributed by atoms with Crippen molar-refractivity contribution < 1.29 is 12.9 Å². The molecule has 1 N–H and O–H groups in total. The second-order valence-electron chi connectivity index (χ2n) is 4.08. The van der Waals surface area contributed by atoms with Gasteiger partial charge in [-0.25, -0.2) is 13.1 Å². The summed E-state index contributed by atoms with van der Waals surface area (Å²) in [5.41, 5.74) is 2.14. The Bertz CT molecular complexity index is 688. The quantitative estimate of drug-likeness (QED) is 0.933. The Morgan fingerprint density at radius 3 is 2.47 bits per heavy atom. The van der Waals surface area contributed by atoms with Gasteiger partial charge in [0.15, 0.2) is 0 Å². The highest BCUT2D eigenvalue weighted by Crippen LogP contribution is 2.19. The van der Waals surface area contributed by atoms with Crippen molar-refractivity contribution in [2.75, 3.05) is 4.72 Å². The minimum Gasteiger partial charge on any atom is -0.337 e. The van der Waals surface area contributed by atoms with E-state index in [4.69, 9.17) is 4.52 Å². The number of benzene rings is 1. The van der Waals surface area contributed by atoms with Crippen molar-refractivity contribution in [1.82, 2.24) is 5.16 Å². The molecule has 2 rings (SSSR count). The standard InChI is InChI=1S/C13H14N2O3S/c1-10-11(2)14-18-13(10)15-19(16,17)9-8-12-6-4-3-5-7-12/h3-9,15H,1-2H3. The van der Waals surface area contributed by atoms with E-state index < -0.39 is 10.0 Å². The van der Waals surface area contributed by atoms with Gasteiger partial charge in [0.25, 0.3) is 10.0 Å². The molecule has 0 atom stereocenters. The third kappa shape index (κ3) is 3.45. The Balaban J connectivity index is 2.16. The van der Waals surface area contributed by atoms with Crippen molar-refractivity contribution in [2.45, 2.75) is 13.8 Å². The molecule has 0 radical (unpaired) electrons. The van der Waals surface area contributed by atoms with E-state index >= 15 is 0 Å². The first-order chi connectivity index (χ1) is 8.98. The van der Waals surface area contributed by atoms with Gasteiger partial charge in [-0.2, -0.15) is 0 Å². The molecule has 0 bridgehead atoms. The van der Waals surface area contributed by atoms with Gasteiger partial charge >= 0.3 is 0 Å². The molecular formula is C13H14N2O3S. The summed E-state index contributed by atoms with van der Waals surface area (Å²) in [6, 6.07) is 9.17. The number of nitrogens with one attached hydrogen (secondary N) is 1. The van der Waals surface area contributed by atoms with Crippen molar-refractivity contribution in [3.63, 3.8) is 0 Å². The van der Waals surface area contributed by atoms with Crippen LogP contribution in [0.15, 0.2) is 40.3 Å². The van der Waals surface area contributed by atoms with Crippen LogP contribution in [0.3, 0.4) is 0 Å². The molecule has 0 aliphatic rings. The number of anilines is 1. The zero-order valence-electron chi connectivity index (χ0n) is 10.6. The second kappa shape index (κ2) is 5.27. The molecule has 0 saturated carbocycles. The molecule has 5 nitrogen and oxygen atoms in total. The summed E-state index contributed by atoms with van der Waals surface area (Å²) in [5.74, 6) is 0.148. The summed E-state index contributed by atoms with van der Waals surface area (Å²) in [5, 5.41) is 4.79. The van der Waals surface area contributed by atoms with Gasteiger partial charge < -0.3 is 4.52 Å². The lowest BCUT2D eigenvalue weighted by Gasteiger charge is -2.00. The molecule has 2 aromatic rings. The number of hydrogen-bond donors (Lipinski definition) is 1. The SMILES string of the molecule is Cc1noc(NS(=O)(=O)C=Cc2ccccc2)c1C. The van der Waals surface area contributed by atoms with Crippen LogP contribution in [0.4, 0.5) is 5.88 Å². The number of hydrogen-bond acceptors (Lipinski definition) is 4. The highest BCUT2D eigenvalue weighted by atomic mass is 32.2. The van der Waals surface area contributed by atoms with Crippen molar-refractivity contribution in [1.29, 1.82) is 0 Å². The third-order valence-electron chi connectivity index (χ3n) is 2.63. The third-order valence-corrected chi connectivity index (χ3v) is 3.60. The molecule has 0 saturated heterocycles. The van der Waals surface area contributed by atoms with E-state index in [-0.39, 0.29) is 5.88 Å². The monoisotopic (exact) mass is 278 g/mol. The summed E-state index contributed by atoms with van der Waals surface area (Å²) in [7, 11) is -3.61. The molecular weight excluding hydrogens is 264 g/mol. The van der Waals surface area contributed by atoms with Gasteiger partial charge in [0.2, 0.25) is 5.88 Å². The van der Waals surface area contributed by atoms with Crippen molar-refractivity contribution in [3.05, 3.63) is 52.6 Å². The van der Waals surface area contributed by atoms with Crippen LogP contribution in [0.25, 0.3) is 6.08 Å². The van der Waals surface area contributed by atoms with Gasteiger partial charge in [0.05, 0.1) is 11.1 Å². The zero-order chi connectivity index (χ0) is 13.9. The number of rotatable bonds is 4. The highest BCUT2D eigenvalue weighted by Gasteiger charge is 2.13. The van der Waals surface area contributed by atoms with E-state index in [1.807, 2.05) is 30.3 Å². The van der Waals surface area contributed by atoms with E-state index in [9.17, 15) is 8.42 Å². The topological polar surface area (TPSA) is 72.2 Å². The van der Waals surface area contributed by atoms with E-state index in [2.05, 4.69) is 9.88 Å². The van der Waals surface area contributed by atoms with Gasteiger partial charge in [-0.05, 0) is 25.5 Å². The van der Waals surface area contributed by atoms with Gasteiger partial charge in [-0.1, -0.05) is 35.5 Å². The summed E-state index contributed by atoms with van der Waals surface area (Å²) in [4.78, 5) is 0. The van der Waals surface area contributed by atoms with Crippen LogP contribution in [0.2, 0.25) is 0 Å². The lowest BCUT2D eigenvalue weighted by Crippen LogP contribution is -2.09. The maximum absolute atomic E-state index is 11.8. The van der Waals surface area contributed by atoms with E-state index in [1.54, 1.807) is 13.8 Å². The average Bonchev–Trinajstić information content (AvgIpc) is 2.69. The van der Waals surface area contributed by atoms with Crippen LogP contribution in [0, 0.1) is 13.8 Å². The molecule has 0 fully saturated rings. The van der Waals surface area contributed by atoms with Crippen molar-refractivity contribution in [2.24, 2.45) is 0 Å². The lowest BCUT2D eigenvalue weighted by atomic mass is 10.2. The summed E-state index contributed by atoms with van der Waals surface area (Å²) >= 11 is 0. The molecule has 19 heavy (non-hydrogen) atoms. The molecule has 0 aliphatic carbocycles. The minimum absolute atomic E-state index is 0.148. The van der Waals surface area contributed by atoms with Gasteiger partial charge in [-0.3, -0.25) is 0 Å². The number of sulfonamides is 1. The first-order valence-corrected chi connectivity index (χ1v) is 7.21. The zero-order valence-corrected chi connectivity index (χ0v) is 11.4. The number of aryl methyl sites for hydroxylation is 1. The molecule has 0 unspecified atom stereocenters. The lowest BCUT2D eigenvalue weighted by molar-refractivity contribution is 0.430. The Morgan fingerprint density at radius 1 is 1.21 bits per heavy atom. The van der Waals surface area contributed by atoms with E-state index in [0.29, 0.717) is 11.3 Å². The smallest absolute Gasteiger partial charge is 0.257 e. The predicted octanol–water partition coefficient (Wildman–Crippen LogP) is 2.70. The summed E-state index contributed by atoms with van der Waals surface area (Å²) in [6.45, 7) is 3.49. The fourth-order valence-electron chi connectivity index (χ4n) is 1.41. The normalized spacial score (nSPS) is 11.9. The molecule has 1 heterocycles. The van der Waals surface area contributed by atoms with Crippen LogP contribution in [-0.4, -0.2) is 13.6 Å². The van der Waals surface area contributed by atoms with Gasteiger partial charge in [0, 0.05) is 5.56 Å². The van der Waals surface area contributed by atoms with Crippen molar-refractivity contribution >= 4 is 22.0 Å². The summed E-state index contributed by atoms with van der Waals surface area (Å²) < 4.78 is 30.9. The molecule has 1 aromatic carbocycles. The average molecular weight is 278 g/mol. The Morgan fingerprint density at radius 2 is 1.89 bits per heavy atom. The molecule has 0 amide bonds.